The molecule has 3 aromatic rings. The number of hydrogen-bond acceptors (Lipinski definition) is 2. The van der Waals surface area contributed by atoms with Crippen molar-refractivity contribution in [1.82, 2.24) is 10.2 Å². The molecule has 0 bridgehead atoms. The molecule has 0 aliphatic carbocycles. The van der Waals surface area contributed by atoms with Gasteiger partial charge in [-0.3, -0.25) is 9.69 Å². The van der Waals surface area contributed by atoms with E-state index in [4.69, 9.17) is 11.6 Å². The number of rotatable bonds is 6. The Morgan fingerprint density at radius 2 is 1.75 bits per heavy atom. The molecule has 3 nitrogen and oxygen atoms in total. The molecule has 1 saturated heterocycles. The van der Waals surface area contributed by atoms with E-state index in [2.05, 4.69) is 47.5 Å². The van der Waals surface area contributed by atoms with Crippen molar-refractivity contribution in [3.63, 3.8) is 0 Å². The monoisotopic (exact) mass is 450 g/mol. The first-order valence-corrected chi connectivity index (χ1v) is 11.5. The van der Waals surface area contributed by atoms with Gasteiger partial charge in [0.05, 0.1) is 6.04 Å². The Labute approximate surface area is 194 Å². The highest BCUT2D eigenvalue weighted by molar-refractivity contribution is 6.30. The summed E-state index contributed by atoms with van der Waals surface area (Å²) in [6, 6.07) is 23.0. The van der Waals surface area contributed by atoms with E-state index in [1.165, 1.54) is 11.6 Å². The topological polar surface area (TPSA) is 32.3 Å². The summed E-state index contributed by atoms with van der Waals surface area (Å²) in [4.78, 5) is 15.4. The number of carbonyl (C=O) groups is 1. The van der Waals surface area contributed by atoms with E-state index in [0.717, 1.165) is 37.1 Å². The van der Waals surface area contributed by atoms with Crippen LogP contribution in [0.25, 0.3) is 0 Å². The molecule has 166 valence electrons. The van der Waals surface area contributed by atoms with Gasteiger partial charge in [0, 0.05) is 23.0 Å². The second-order valence-electron chi connectivity index (χ2n) is 8.55. The number of aryl methyl sites for hydroxylation is 1. The van der Waals surface area contributed by atoms with Crippen molar-refractivity contribution in [3.05, 3.63) is 106 Å². The van der Waals surface area contributed by atoms with Crippen molar-refractivity contribution in [3.8, 4) is 0 Å². The van der Waals surface area contributed by atoms with Gasteiger partial charge >= 0.3 is 0 Å². The van der Waals surface area contributed by atoms with Crippen molar-refractivity contribution in [1.29, 1.82) is 0 Å². The van der Waals surface area contributed by atoms with Crippen LogP contribution in [0.3, 0.4) is 0 Å². The summed E-state index contributed by atoms with van der Waals surface area (Å²) in [5, 5.41) is 3.70. The molecule has 1 heterocycles. The standard InChI is InChI=1S/C27H28ClFN2O/c1-19-6-5-9-22(16-19)26(20-7-3-2-4-8-20)30-27(32)21-12-14-31(15-13-21)18-23-10-11-24(28)17-25(23)29/h2-11,16-17,21,26H,12-15,18H2,1H3,(H,30,32). The van der Waals surface area contributed by atoms with Crippen LogP contribution in [0, 0.1) is 18.7 Å². The second-order valence-corrected chi connectivity index (χ2v) is 8.99. The van der Waals surface area contributed by atoms with Crippen molar-refractivity contribution in [2.75, 3.05) is 13.1 Å². The number of hydrogen-bond donors (Lipinski definition) is 1. The van der Waals surface area contributed by atoms with E-state index >= 15 is 0 Å². The summed E-state index contributed by atoms with van der Waals surface area (Å²) in [7, 11) is 0. The maximum atomic E-state index is 14.1. The molecule has 1 amide bonds. The zero-order valence-electron chi connectivity index (χ0n) is 18.2. The Morgan fingerprint density at radius 1 is 1.03 bits per heavy atom. The Kier molecular flexibility index (Phi) is 7.23. The lowest BCUT2D eigenvalue weighted by Gasteiger charge is -2.32. The van der Waals surface area contributed by atoms with Crippen molar-refractivity contribution >= 4 is 17.5 Å². The van der Waals surface area contributed by atoms with Gasteiger partial charge in [0.15, 0.2) is 0 Å². The molecule has 1 aliphatic heterocycles. The van der Waals surface area contributed by atoms with Crippen molar-refractivity contribution in [2.45, 2.75) is 32.4 Å². The van der Waals surface area contributed by atoms with Crippen LogP contribution in [-0.4, -0.2) is 23.9 Å². The van der Waals surface area contributed by atoms with Crippen LogP contribution in [-0.2, 0) is 11.3 Å². The smallest absolute Gasteiger partial charge is 0.223 e. The van der Waals surface area contributed by atoms with E-state index in [0.29, 0.717) is 17.1 Å². The average molecular weight is 451 g/mol. The SMILES string of the molecule is Cc1cccc(C(NC(=O)C2CCN(Cc3ccc(Cl)cc3F)CC2)c2ccccc2)c1. The summed E-state index contributed by atoms with van der Waals surface area (Å²) < 4.78 is 14.1. The average Bonchev–Trinajstić information content (AvgIpc) is 2.80. The maximum Gasteiger partial charge on any atom is 0.223 e. The lowest BCUT2D eigenvalue weighted by molar-refractivity contribution is -0.127. The van der Waals surface area contributed by atoms with Gasteiger partial charge in [-0.15, -0.1) is 0 Å². The summed E-state index contributed by atoms with van der Waals surface area (Å²) in [6.45, 7) is 4.13. The predicted octanol–water partition coefficient (Wildman–Crippen LogP) is 5.91. The van der Waals surface area contributed by atoms with E-state index in [1.54, 1.807) is 12.1 Å². The highest BCUT2D eigenvalue weighted by Crippen LogP contribution is 2.26. The first-order chi connectivity index (χ1) is 15.5. The summed E-state index contributed by atoms with van der Waals surface area (Å²) >= 11 is 5.85. The number of carbonyl (C=O) groups excluding carboxylic acids is 1. The third-order valence-corrected chi connectivity index (χ3v) is 6.40. The second kappa shape index (κ2) is 10.3. The van der Waals surface area contributed by atoms with E-state index in [-0.39, 0.29) is 23.7 Å². The fraction of sp³-hybridized carbons (Fsp3) is 0.296. The first-order valence-electron chi connectivity index (χ1n) is 11.1. The minimum absolute atomic E-state index is 0.0441. The summed E-state index contributed by atoms with van der Waals surface area (Å²) in [5.41, 5.74) is 3.96. The highest BCUT2D eigenvalue weighted by atomic mass is 35.5. The summed E-state index contributed by atoms with van der Waals surface area (Å²) in [5.74, 6) is -0.240. The molecule has 3 aromatic carbocycles. The van der Waals surface area contributed by atoms with Crippen LogP contribution in [0.5, 0.6) is 0 Å². The van der Waals surface area contributed by atoms with Crippen LogP contribution >= 0.6 is 11.6 Å². The first kappa shape index (κ1) is 22.5. The largest absolute Gasteiger partial charge is 0.345 e. The van der Waals surface area contributed by atoms with Crippen LogP contribution in [0.15, 0.2) is 72.8 Å². The number of nitrogens with zero attached hydrogens (tertiary/aromatic N) is 1. The van der Waals surface area contributed by atoms with E-state index in [9.17, 15) is 9.18 Å². The molecule has 5 heteroatoms. The van der Waals surface area contributed by atoms with Crippen LogP contribution in [0.1, 0.15) is 41.1 Å². The van der Waals surface area contributed by atoms with Crippen LogP contribution < -0.4 is 5.32 Å². The molecule has 0 radical (unpaired) electrons. The molecule has 32 heavy (non-hydrogen) atoms. The third-order valence-electron chi connectivity index (χ3n) is 6.16. The molecule has 1 fully saturated rings. The fourth-order valence-electron chi connectivity index (χ4n) is 4.36. The minimum Gasteiger partial charge on any atom is -0.345 e. The van der Waals surface area contributed by atoms with Gasteiger partial charge in [0.25, 0.3) is 0 Å². The Hall–Kier alpha value is -2.69. The lowest BCUT2D eigenvalue weighted by Crippen LogP contribution is -2.41. The van der Waals surface area contributed by atoms with Gasteiger partial charge in [-0.1, -0.05) is 77.8 Å². The van der Waals surface area contributed by atoms with Gasteiger partial charge in [0.2, 0.25) is 5.91 Å². The number of piperidine rings is 1. The quantitative estimate of drug-likeness (QED) is 0.506. The van der Waals surface area contributed by atoms with Crippen molar-refractivity contribution in [2.24, 2.45) is 5.92 Å². The Balaban J connectivity index is 1.40. The van der Waals surface area contributed by atoms with Crippen molar-refractivity contribution < 1.29 is 9.18 Å². The fourth-order valence-corrected chi connectivity index (χ4v) is 4.52. The molecule has 0 aromatic heterocycles. The van der Waals surface area contributed by atoms with Gasteiger partial charge in [-0.05, 0) is 56.1 Å². The molecular formula is C27H28ClFN2O. The third kappa shape index (κ3) is 5.56. The normalized spacial score (nSPS) is 16.0. The molecule has 1 N–H and O–H groups in total. The van der Waals surface area contributed by atoms with Crippen LogP contribution in [0.2, 0.25) is 5.02 Å². The number of amides is 1. The van der Waals surface area contributed by atoms with Gasteiger partial charge in [-0.25, -0.2) is 4.39 Å². The maximum absolute atomic E-state index is 14.1. The summed E-state index contributed by atoms with van der Waals surface area (Å²) in [6.07, 6.45) is 1.52. The lowest BCUT2D eigenvalue weighted by atomic mass is 9.93. The zero-order chi connectivity index (χ0) is 22.5. The Bertz CT molecular complexity index is 1060. The number of likely N-dealkylation sites (tertiary alicyclic amines) is 1. The number of nitrogens with one attached hydrogen (secondary N) is 1. The molecule has 4 rings (SSSR count). The molecule has 1 aliphatic rings. The predicted molar refractivity (Wildman–Crippen MR) is 127 cm³/mol. The van der Waals surface area contributed by atoms with E-state index < -0.39 is 0 Å². The molecular weight excluding hydrogens is 423 g/mol. The zero-order valence-corrected chi connectivity index (χ0v) is 19.0. The van der Waals surface area contributed by atoms with E-state index in [1.807, 2.05) is 24.3 Å². The molecule has 1 unspecified atom stereocenters. The molecule has 0 saturated carbocycles. The number of benzene rings is 3. The highest BCUT2D eigenvalue weighted by Gasteiger charge is 2.27. The molecule has 1 atom stereocenters. The van der Waals surface area contributed by atoms with Gasteiger partial charge in [0.1, 0.15) is 5.82 Å². The van der Waals surface area contributed by atoms with Gasteiger partial charge in [-0.2, -0.15) is 0 Å². The Morgan fingerprint density at radius 3 is 2.44 bits per heavy atom. The number of halogens is 2. The molecule has 0 spiro atoms. The van der Waals surface area contributed by atoms with Gasteiger partial charge < -0.3 is 5.32 Å². The van der Waals surface area contributed by atoms with Crippen LogP contribution in [0.4, 0.5) is 4.39 Å². The minimum atomic E-state index is -0.277.